The molecule has 0 aliphatic heterocycles. The summed E-state index contributed by atoms with van der Waals surface area (Å²) in [6.45, 7) is 0. The minimum Gasteiger partial charge on any atom is -0.360 e. The maximum absolute atomic E-state index is 13.2. The molecule has 2 heterocycles. The molecule has 2 aromatic rings. The van der Waals surface area contributed by atoms with Gasteiger partial charge in [0, 0.05) is 48.1 Å². The molecule has 0 atom stereocenters. The number of rotatable bonds is 8. The summed E-state index contributed by atoms with van der Waals surface area (Å²) in [6.07, 6.45) is 29.3. The Morgan fingerprint density at radius 2 is 0.739 bits per heavy atom. The van der Waals surface area contributed by atoms with Crippen LogP contribution in [0.2, 0.25) is 0 Å². The van der Waals surface area contributed by atoms with Gasteiger partial charge in [0.1, 0.15) is 11.5 Å². The Labute approximate surface area is 275 Å². The zero-order valence-electron chi connectivity index (χ0n) is 28.0. The summed E-state index contributed by atoms with van der Waals surface area (Å²) in [5.74, 6) is 3.11. The molecule has 8 rings (SSSR count). The van der Waals surface area contributed by atoms with Gasteiger partial charge in [-0.05, 0) is 77.0 Å². The highest BCUT2D eigenvalue weighted by atomic mass is 16.5. The van der Waals surface area contributed by atoms with Crippen molar-refractivity contribution in [3.8, 4) is 0 Å². The molecule has 2 aromatic heterocycles. The summed E-state index contributed by atoms with van der Waals surface area (Å²) in [7, 11) is 0. The Hall–Kier alpha value is -2.64. The fourth-order valence-corrected chi connectivity index (χ4v) is 8.86. The highest BCUT2D eigenvalue weighted by Crippen LogP contribution is 2.42. The molecule has 0 radical (unpaired) electrons. The highest BCUT2D eigenvalue weighted by molar-refractivity contribution is 5.93. The summed E-state index contributed by atoms with van der Waals surface area (Å²) >= 11 is 0. The molecule has 6 aliphatic rings. The van der Waals surface area contributed by atoms with E-state index in [0.717, 1.165) is 62.9 Å². The van der Waals surface area contributed by atoms with E-state index in [9.17, 15) is 9.59 Å². The highest BCUT2D eigenvalue weighted by Gasteiger charge is 2.37. The lowest BCUT2D eigenvalue weighted by Gasteiger charge is -2.41. The van der Waals surface area contributed by atoms with Crippen molar-refractivity contribution in [2.45, 2.75) is 190 Å². The van der Waals surface area contributed by atoms with Gasteiger partial charge in [0.05, 0.1) is 0 Å². The summed E-state index contributed by atoms with van der Waals surface area (Å²) < 4.78 is 10.9. The molecule has 6 aliphatic carbocycles. The third kappa shape index (κ3) is 7.73. The van der Waals surface area contributed by atoms with Crippen molar-refractivity contribution in [3.05, 3.63) is 35.0 Å². The van der Waals surface area contributed by atoms with E-state index in [2.05, 4.69) is 20.1 Å². The van der Waals surface area contributed by atoms with Gasteiger partial charge in [0.15, 0.2) is 11.4 Å². The minimum atomic E-state index is 0.124. The van der Waals surface area contributed by atoms with Gasteiger partial charge in [-0.3, -0.25) is 9.59 Å². The number of aromatic nitrogens is 2. The van der Waals surface area contributed by atoms with Crippen molar-refractivity contribution < 1.29 is 18.6 Å². The second-order valence-corrected chi connectivity index (χ2v) is 15.4. The van der Waals surface area contributed by atoms with Gasteiger partial charge >= 0.3 is 0 Å². The number of carbonyl (C=O) groups excluding carboxylic acids is 2. The predicted octanol–water partition coefficient (Wildman–Crippen LogP) is 9.32. The topological polar surface area (TPSA) is 92.7 Å². The molecule has 8 nitrogen and oxygen atoms in total. The van der Waals surface area contributed by atoms with Crippen molar-refractivity contribution in [2.24, 2.45) is 0 Å². The van der Waals surface area contributed by atoms with E-state index in [4.69, 9.17) is 9.05 Å². The lowest BCUT2D eigenvalue weighted by Crippen LogP contribution is -2.48. The van der Waals surface area contributed by atoms with E-state index in [0.29, 0.717) is 47.4 Å². The molecule has 0 unspecified atom stereocenters. The minimum absolute atomic E-state index is 0.124. The number of carbonyl (C=O) groups is 2. The van der Waals surface area contributed by atoms with Crippen molar-refractivity contribution in [3.63, 3.8) is 0 Å². The number of nitrogens with zero attached hydrogens (tertiary/aromatic N) is 4. The summed E-state index contributed by atoms with van der Waals surface area (Å²) in [4.78, 5) is 30.8. The van der Waals surface area contributed by atoms with E-state index in [-0.39, 0.29) is 11.8 Å². The van der Waals surface area contributed by atoms with Crippen LogP contribution in [-0.2, 0) is 0 Å². The largest absolute Gasteiger partial charge is 0.360 e. The zero-order valence-corrected chi connectivity index (χ0v) is 28.0. The first kappa shape index (κ1) is 31.9. The van der Waals surface area contributed by atoms with E-state index in [1.54, 1.807) is 0 Å². The van der Waals surface area contributed by atoms with Crippen molar-refractivity contribution >= 4 is 11.8 Å². The van der Waals surface area contributed by atoms with Crippen LogP contribution in [0, 0.1) is 0 Å². The van der Waals surface area contributed by atoms with Crippen LogP contribution in [0.15, 0.2) is 21.2 Å². The van der Waals surface area contributed by atoms with Gasteiger partial charge in [-0.2, -0.15) is 0 Å². The fraction of sp³-hybridized carbons (Fsp3) is 0.789. The second kappa shape index (κ2) is 15.1. The molecule has 0 N–H and O–H groups in total. The Morgan fingerprint density at radius 3 is 1.00 bits per heavy atom. The smallest absolute Gasteiger partial charge is 0.276 e. The molecular weight excluding hydrogens is 576 g/mol. The molecule has 8 heteroatoms. The SMILES string of the molecule is O=C(c1cc(C2CC2)on1)N(C1CCCCC1)C1CCCCC1.O=C(c1cc(C2CC2)on1)N(C1CCCCC1)C1CCCCC1. The first-order valence-electron chi connectivity index (χ1n) is 19.2. The molecule has 6 fully saturated rings. The van der Waals surface area contributed by atoms with Crippen LogP contribution in [0.3, 0.4) is 0 Å². The van der Waals surface area contributed by atoms with E-state index in [1.807, 2.05) is 12.1 Å². The molecule has 46 heavy (non-hydrogen) atoms. The third-order valence-electron chi connectivity index (χ3n) is 11.8. The fourth-order valence-electron chi connectivity index (χ4n) is 8.86. The first-order valence-corrected chi connectivity index (χ1v) is 19.2. The normalized spacial score (nSPS) is 23.8. The monoisotopic (exact) mass is 632 g/mol. The van der Waals surface area contributed by atoms with E-state index in [1.165, 1.54) is 103 Å². The van der Waals surface area contributed by atoms with Crippen LogP contribution < -0.4 is 0 Å². The molecule has 0 spiro atoms. The number of hydrogen-bond donors (Lipinski definition) is 0. The van der Waals surface area contributed by atoms with Crippen LogP contribution in [0.25, 0.3) is 0 Å². The first-order chi connectivity index (χ1) is 22.7. The van der Waals surface area contributed by atoms with Gasteiger partial charge in [0.2, 0.25) is 0 Å². The standard InChI is InChI=1S/2C19H28N2O2/c2*22-19(17-13-18(23-20-17)14-11-12-14)21(15-7-3-1-4-8-15)16-9-5-2-6-10-16/h2*13-16H,1-12H2. The number of hydrogen-bond acceptors (Lipinski definition) is 6. The Bertz CT molecular complexity index is 1140. The van der Waals surface area contributed by atoms with Crippen LogP contribution in [0.4, 0.5) is 0 Å². The van der Waals surface area contributed by atoms with Gasteiger partial charge in [-0.1, -0.05) is 87.4 Å². The summed E-state index contributed by atoms with van der Waals surface area (Å²) in [6, 6.07) is 5.50. The molecule has 0 saturated heterocycles. The molecule has 0 bridgehead atoms. The molecule has 0 aromatic carbocycles. The lowest BCUT2D eigenvalue weighted by atomic mass is 9.88. The lowest BCUT2D eigenvalue weighted by molar-refractivity contribution is 0.0431. The van der Waals surface area contributed by atoms with Crippen LogP contribution in [0.5, 0.6) is 0 Å². The molecule has 6 saturated carbocycles. The average Bonchev–Trinajstić information content (AvgIpc) is 4.05. The van der Waals surface area contributed by atoms with Crippen molar-refractivity contribution in [2.75, 3.05) is 0 Å². The third-order valence-corrected chi connectivity index (χ3v) is 11.8. The average molecular weight is 633 g/mol. The van der Waals surface area contributed by atoms with Crippen LogP contribution >= 0.6 is 0 Å². The van der Waals surface area contributed by atoms with Gasteiger partial charge in [0.25, 0.3) is 11.8 Å². The predicted molar refractivity (Wildman–Crippen MR) is 177 cm³/mol. The Morgan fingerprint density at radius 1 is 0.457 bits per heavy atom. The molecular formula is C38H56N4O4. The second-order valence-electron chi connectivity index (χ2n) is 15.4. The van der Waals surface area contributed by atoms with E-state index >= 15 is 0 Å². The summed E-state index contributed by atoms with van der Waals surface area (Å²) in [5.41, 5.74) is 1.09. The van der Waals surface area contributed by atoms with Crippen molar-refractivity contribution in [1.82, 2.24) is 20.1 Å². The molecule has 2 amide bonds. The quantitative estimate of drug-likeness (QED) is 0.288. The van der Waals surface area contributed by atoms with Crippen LogP contribution in [0.1, 0.15) is 198 Å². The van der Waals surface area contributed by atoms with Gasteiger partial charge in [-0.25, -0.2) is 0 Å². The van der Waals surface area contributed by atoms with Gasteiger partial charge in [-0.15, -0.1) is 0 Å². The molecule has 252 valence electrons. The maximum atomic E-state index is 13.2. The number of amides is 2. The van der Waals surface area contributed by atoms with Gasteiger partial charge < -0.3 is 18.8 Å². The van der Waals surface area contributed by atoms with Crippen LogP contribution in [-0.4, -0.2) is 56.1 Å². The Balaban J connectivity index is 0.000000147. The summed E-state index contributed by atoms with van der Waals surface area (Å²) in [5, 5.41) is 8.24. The van der Waals surface area contributed by atoms with E-state index < -0.39 is 0 Å². The maximum Gasteiger partial charge on any atom is 0.276 e. The zero-order chi connectivity index (χ0) is 31.3. The van der Waals surface area contributed by atoms with Crippen molar-refractivity contribution in [1.29, 1.82) is 0 Å². The Kier molecular flexibility index (Phi) is 10.5.